The summed E-state index contributed by atoms with van der Waals surface area (Å²) < 4.78 is 13.2. The van der Waals surface area contributed by atoms with Crippen molar-refractivity contribution in [2.24, 2.45) is 5.92 Å². The summed E-state index contributed by atoms with van der Waals surface area (Å²) in [7, 11) is 0. The average Bonchev–Trinajstić information content (AvgIpc) is 3.05. The molecule has 0 saturated carbocycles. The second-order valence-corrected chi connectivity index (χ2v) is 11.1. The third-order valence-electron chi connectivity index (χ3n) is 8.08. The number of amides is 1. The molecular formula is C32H39N5O6. The van der Waals surface area contributed by atoms with Gasteiger partial charge in [-0.25, -0.2) is 9.97 Å². The van der Waals surface area contributed by atoms with E-state index in [0.717, 1.165) is 60.9 Å². The number of nitrogens with one attached hydrogen (secondary N) is 1. The maximum absolute atomic E-state index is 11.9. The summed E-state index contributed by atoms with van der Waals surface area (Å²) in [6, 6.07) is 17.4. The largest absolute Gasteiger partial charge is 0.481 e. The fraction of sp³-hybridized carbons (Fsp3) is 0.438. The predicted octanol–water partition coefficient (Wildman–Crippen LogP) is 3.06. The van der Waals surface area contributed by atoms with Gasteiger partial charge in [0.2, 0.25) is 11.9 Å². The fourth-order valence-electron chi connectivity index (χ4n) is 5.47. The number of nitrogens with zero attached hydrogens (tertiary/aromatic N) is 4. The van der Waals surface area contributed by atoms with E-state index in [2.05, 4.69) is 32.0 Å². The van der Waals surface area contributed by atoms with Crippen LogP contribution in [0.15, 0.2) is 67.0 Å². The van der Waals surface area contributed by atoms with Gasteiger partial charge in [0.15, 0.2) is 6.29 Å². The molecule has 5 rings (SSSR count). The van der Waals surface area contributed by atoms with Crippen molar-refractivity contribution in [3.63, 3.8) is 0 Å². The molecule has 0 unspecified atom stereocenters. The highest BCUT2D eigenvalue weighted by Gasteiger charge is 2.39. The number of hydrogen-bond acceptors (Lipinski definition) is 9. The Labute approximate surface area is 251 Å². The zero-order valence-electron chi connectivity index (χ0n) is 24.3. The Kier molecular flexibility index (Phi) is 10.3. The third kappa shape index (κ3) is 8.14. The van der Waals surface area contributed by atoms with E-state index in [1.165, 1.54) is 0 Å². The maximum atomic E-state index is 11.9. The van der Waals surface area contributed by atoms with Gasteiger partial charge in [-0.15, -0.1) is 0 Å². The summed E-state index contributed by atoms with van der Waals surface area (Å²) in [5, 5.41) is 21.1. The lowest BCUT2D eigenvalue weighted by Gasteiger charge is -2.44. The molecule has 43 heavy (non-hydrogen) atoms. The predicted molar refractivity (Wildman–Crippen MR) is 159 cm³/mol. The van der Waals surface area contributed by atoms with E-state index < -0.39 is 12.3 Å². The lowest BCUT2D eigenvalue weighted by Crippen LogP contribution is -2.51. The second-order valence-electron chi connectivity index (χ2n) is 11.1. The van der Waals surface area contributed by atoms with Crippen molar-refractivity contribution in [3.8, 4) is 0 Å². The van der Waals surface area contributed by atoms with Gasteiger partial charge < -0.3 is 29.9 Å². The summed E-state index contributed by atoms with van der Waals surface area (Å²) in [6.45, 7) is 6.65. The highest BCUT2D eigenvalue weighted by molar-refractivity contribution is 5.80. The van der Waals surface area contributed by atoms with Gasteiger partial charge in [-0.05, 0) is 22.8 Å². The van der Waals surface area contributed by atoms with Crippen LogP contribution in [-0.4, -0.2) is 75.8 Å². The molecule has 1 amide bonds. The normalized spacial score (nSPS) is 22.7. The van der Waals surface area contributed by atoms with Crippen LogP contribution >= 0.6 is 0 Å². The van der Waals surface area contributed by atoms with Gasteiger partial charge in [-0.3, -0.25) is 14.5 Å². The molecule has 11 heteroatoms. The number of carbonyl (C=O) groups excluding carboxylic acids is 1. The minimum absolute atomic E-state index is 0.0118. The highest BCUT2D eigenvalue weighted by atomic mass is 16.7. The molecule has 4 atom stereocenters. The third-order valence-corrected chi connectivity index (χ3v) is 8.08. The van der Waals surface area contributed by atoms with E-state index in [0.29, 0.717) is 6.54 Å². The summed E-state index contributed by atoms with van der Waals surface area (Å²) in [5.41, 5.74) is 3.66. The first-order valence-electron chi connectivity index (χ1n) is 14.7. The molecule has 2 aliphatic rings. The molecule has 1 aromatic heterocycles. The van der Waals surface area contributed by atoms with Crippen LogP contribution in [0.3, 0.4) is 0 Å². The molecule has 228 valence electrons. The summed E-state index contributed by atoms with van der Waals surface area (Å²) in [4.78, 5) is 36.0. The molecule has 11 nitrogen and oxygen atoms in total. The molecule has 2 saturated heterocycles. The fourth-order valence-corrected chi connectivity index (χ4v) is 5.47. The summed E-state index contributed by atoms with van der Waals surface area (Å²) in [5.74, 6) is -0.458. The van der Waals surface area contributed by atoms with Crippen molar-refractivity contribution >= 4 is 17.8 Å². The molecule has 0 spiro atoms. The number of carboxylic acid groups (broad SMARTS) is 1. The smallest absolute Gasteiger partial charge is 0.303 e. The van der Waals surface area contributed by atoms with Gasteiger partial charge in [-0.2, -0.15) is 0 Å². The topological polar surface area (TPSA) is 137 Å². The number of aliphatic hydroxyl groups excluding tert-OH is 1. The van der Waals surface area contributed by atoms with E-state index in [-0.39, 0.29) is 43.5 Å². The maximum Gasteiger partial charge on any atom is 0.303 e. The van der Waals surface area contributed by atoms with E-state index >= 15 is 0 Å². The van der Waals surface area contributed by atoms with Crippen LogP contribution < -0.4 is 10.2 Å². The number of benzene rings is 2. The molecular weight excluding hydrogens is 550 g/mol. The first-order valence-corrected chi connectivity index (χ1v) is 14.7. The summed E-state index contributed by atoms with van der Waals surface area (Å²) >= 11 is 0. The van der Waals surface area contributed by atoms with Gasteiger partial charge >= 0.3 is 5.97 Å². The second kappa shape index (κ2) is 14.5. The summed E-state index contributed by atoms with van der Waals surface area (Å²) in [6.07, 6.45) is 2.42. The van der Waals surface area contributed by atoms with Gasteiger partial charge in [0.1, 0.15) is 0 Å². The first kappa shape index (κ1) is 30.6. The van der Waals surface area contributed by atoms with E-state index in [1.54, 1.807) is 12.4 Å². The lowest BCUT2D eigenvalue weighted by molar-refractivity contribution is -0.276. The Hall–Kier alpha value is -3.90. The van der Waals surface area contributed by atoms with Gasteiger partial charge in [-0.1, -0.05) is 55.5 Å². The molecule has 2 aromatic carbocycles. The number of aliphatic hydroxyl groups is 1. The highest BCUT2D eigenvalue weighted by Crippen LogP contribution is 2.42. The minimum atomic E-state index is -0.994. The minimum Gasteiger partial charge on any atom is -0.481 e. The molecule has 0 bridgehead atoms. The molecule has 3 heterocycles. The molecule has 0 radical (unpaired) electrons. The van der Waals surface area contributed by atoms with Crippen molar-refractivity contribution in [1.29, 1.82) is 0 Å². The average molecular weight is 590 g/mol. The zero-order chi connectivity index (χ0) is 30.2. The van der Waals surface area contributed by atoms with E-state index in [4.69, 9.17) is 14.6 Å². The Morgan fingerprint density at radius 3 is 2.21 bits per heavy atom. The van der Waals surface area contributed by atoms with Crippen molar-refractivity contribution in [3.05, 3.63) is 89.2 Å². The van der Waals surface area contributed by atoms with Crippen LogP contribution in [0.2, 0.25) is 0 Å². The van der Waals surface area contributed by atoms with Crippen molar-refractivity contribution in [1.82, 2.24) is 20.2 Å². The van der Waals surface area contributed by atoms with Crippen molar-refractivity contribution in [2.45, 2.75) is 51.4 Å². The van der Waals surface area contributed by atoms with Crippen molar-refractivity contribution < 1.29 is 29.3 Å². The first-order chi connectivity index (χ1) is 20.9. The van der Waals surface area contributed by atoms with Crippen LogP contribution in [0.1, 0.15) is 54.4 Å². The number of carboxylic acids is 1. The number of anilines is 1. The molecule has 3 aromatic rings. The number of carbonyl (C=O) groups is 2. The SMILES string of the molecule is C[C@@H]1[C@H](CN2CCN(c3ncccn3)CC2)O[C@H](c2ccc(CNC(=O)CCC(=O)O)cc2)O[C@@H]1c1ccc(CO)cc1. The Morgan fingerprint density at radius 2 is 1.56 bits per heavy atom. The van der Waals surface area contributed by atoms with Gasteiger partial charge in [0.05, 0.1) is 25.2 Å². The zero-order valence-corrected chi connectivity index (χ0v) is 24.3. The van der Waals surface area contributed by atoms with Crippen LogP contribution in [0.4, 0.5) is 5.95 Å². The molecule has 3 N–H and O–H groups in total. The van der Waals surface area contributed by atoms with E-state index in [9.17, 15) is 14.7 Å². The number of aliphatic carboxylic acids is 1. The quantitative estimate of drug-likeness (QED) is 0.306. The number of aromatic nitrogens is 2. The van der Waals surface area contributed by atoms with E-state index in [1.807, 2.05) is 54.6 Å². The Bertz CT molecular complexity index is 1330. The van der Waals surface area contributed by atoms with Crippen LogP contribution in [0.5, 0.6) is 0 Å². The van der Waals surface area contributed by atoms with Crippen LogP contribution in [0.25, 0.3) is 0 Å². The molecule has 0 aliphatic carbocycles. The number of rotatable bonds is 11. The van der Waals surface area contributed by atoms with Crippen molar-refractivity contribution in [2.75, 3.05) is 37.6 Å². The van der Waals surface area contributed by atoms with Crippen LogP contribution in [0, 0.1) is 5.92 Å². The number of piperazine rings is 1. The monoisotopic (exact) mass is 589 g/mol. The Morgan fingerprint density at radius 1 is 0.907 bits per heavy atom. The van der Waals surface area contributed by atoms with Gasteiger partial charge in [0, 0.05) is 69.6 Å². The van der Waals surface area contributed by atoms with Crippen LogP contribution in [-0.2, 0) is 32.2 Å². The number of ether oxygens (including phenoxy) is 2. The Balaban J connectivity index is 1.26. The standard InChI is InChI=1S/C32H39N5O6/c1-22-27(20-36-15-17-37(18-16-36)32-33-13-2-14-34-32)42-31(43-30(22)25-7-5-24(21-38)6-8-25)26-9-3-23(4-10-26)19-35-28(39)11-12-29(40)41/h2-10,13-14,22,27,30-31,38H,11-12,15-21H2,1H3,(H,35,39)(H,40,41)/t22-,27+,30+,31+/m1/s1. The van der Waals surface area contributed by atoms with Gasteiger partial charge in [0.25, 0.3) is 0 Å². The lowest BCUT2D eigenvalue weighted by atomic mass is 9.90. The molecule has 2 fully saturated rings. The number of hydrogen-bond donors (Lipinski definition) is 3. The molecule has 2 aliphatic heterocycles.